The predicted octanol–water partition coefficient (Wildman–Crippen LogP) is 2.35. The highest BCUT2D eigenvalue weighted by molar-refractivity contribution is 4.91. The molecular formula is C13H28N2. The third-order valence-corrected chi connectivity index (χ3v) is 3.51. The molecule has 2 unspecified atom stereocenters. The summed E-state index contributed by atoms with van der Waals surface area (Å²) < 4.78 is 0. The van der Waals surface area contributed by atoms with Crippen LogP contribution in [0.2, 0.25) is 0 Å². The van der Waals surface area contributed by atoms with Crippen LogP contribution in [-0.4, -0.2) is 37.1 Å². The Bertz CT molecular complexity index is 177. The van der Waals surface area contributed by atoms with Gasteiger partial charge in [0.05, 0.1) is 0 Å². The third kappa shape index (κ3) is 3.46. The Kier molecular flexibility index (Phi) is 5.07. The third-order valence-electron chi connectivity index (χ3n) is 3.51. The number of hydrogen-bond donors (Lipinski definition) is 1. The molecule has 0 spiro atoms. The zero-order valence-electron chi connectivity index (χ0n) is 11.1. The van der Waals surface area contributed by atoms with Crippen molar-refractivity contribution in [2.45, 2.75) is 52.6 Å². The van der Waals surface area contributed by atoms with E-state index in [-0.39, 0.29) is 0 Å². The zero-order chi connectivity index (χ0) is 11.4. The van der Waals surface area contributed by atoms with Crippen molar-refractivity contribution < 1.29 is 0 Å². The number of nitrogens with one attached hydrogen (secondary N) is 1. The molecule has 0 aromatic carbocycles. The van der Waals surface area contributed by atoms with Gasteiger partial charge < -0.3 is 5.32 Å². The zero-order valence-corrected chi connectivity index (χ0v) is 11.1. The first-order valence-corrected chi connectivity index (χ1v) is 6.46. The molecule has 0 radical (unpaired) electrons. The SMILES string of the molecule is CNCC1CCC1N(CC(C)C)C(C)C. The van der Waals surface area contributed by atoms with E-state index in [0.29, 0.717) is 6.04 Å². The van der Waals surface area contributed by atoms with Crippen molar-refractivity contribution in [1.29, 1.82) is 0 Å². The molecule has 2 atom stereocenters. The van der Waals surface area contributed by atoms with E-state index in [2.05, 4.69) is 45.0 Å². The quantitative estimate of drug-likeness (QED) is 0.727. The second-order valence-corrected chi connectivity index (χ2v) is 5.65. The second-order valence-electron chi connectivity index (χ2n) is 5.65. The van der Waals surface area contributed by atoms with Crippen LogP contribution in [0.1, 0.15) is 40.5 Å². The van der Waals surface area contributed by atoms with Crippen LogP contribution in [0.3, 0.4) is 0 Å². The van der Waals surface area contributed by atoms with Crippen LogP contribution in [0, 0.1) is 11.8 Å². The monoisotopic (exact) mass is 212 g/mol. The lowest BCUT2D eigenvalue weighted by atomic mass is 9.77. The highest BCUT2D eigenvalue weighted by Crippen LogP contribution is 2.33. The molecule has 1 saturated carbocycles. The van der Waals surface area contributed by atoms with Crippen molar-refractivity contribution in [2.24, 2.45) is 11.8 Å². The normalized spacial score (nSPS) is 26.4. The molecule has 90 valence electrons. The Hall–Kier alpha value is -0.0800. The van der Waals surface area contributed by atoms with Gasteiger partial charge in [-0.1, -0.05) is 13.8 Å². The van der Waals surface area contributed by atoms with E-state index >= 15 is 0 Å². The van der Waals surface area contributed by atoms with Crippen molar-refractivity contribution in [3.8, 4) is 0 Å². The molecule has 1 aliphatic rings. The van der Waals surface area contributed by atoms with Crippen LogP contribution >= 0.6 is 0 Å². The molecule has 0 bridgehead atoms. The second kappa shape index (κ2) is 5.86. The summed E-state index contributed by atoms with van der Waals surface area (Å²) in [5, 5.41) is 3.32. The Labute approximate surface area is 95.4 Å². The summed E-state index contributed by atoms with van der Waals surface area (Å²) in [6.45, 7) is 11.7. The van der Waals surface area contributed by atoms with Crippen LogP contribution in [0.5, 0.6) is 0 Å². The van der Waals surface area contributed by atoms with E-state index in [1.807, 2.05) is 0 Å². The summed E-state index contributed by atoms with van der Waals surface area (Å²) in [5.41, 5.74) is 0. The van der Waals surface area contributed by atoms with Crippen LogP contribution in [0.25, 0.3) is 0 Å². The van der Waals surface area contributed by atoms with Gasteiger partial charge in [0, 0.05) is 18.6 Å². The molecule has 15 heavy (non-hydrogen) atoms. The van der Waals surface area contributed by atoms with Crippen molar-refractivity contribution in [3.63, 3.8) is 0 Å². The van der Waals surface area contributed by atoms with Crippen molar-refractivity contribution in [3.05, 3.63) is 0 Å². The summed E-state index contributed by atoms with van der Waals surface area (Å²) >= 11 is 0. The molecule has 1 aliphatic carbocycles. The summed E-state index contributed by atoms with van der Waals surface area (Å²) in [4.78, 5) is 2.70. The predicted molar refractivity (Wildman–Crippen MR) is 67.1 cm³/mol. The average molecular weight is 212 g/mol. The van der Waals surface area contributed by atoms with Crippen LogP contribution < -0.4 is 5.32 Å². The van der Waals surface area contributed by atoms with Gasteiger partial charge >= 0.3 is 0 Å². The van der Waals surface area contributed by atoms with E-state index < -0.39 is 0 Å². The first-order chi connectivity index (χ1) is 7.06. The van der Waals surface area contributed by atoms with Gasteiger partial charge in [0.25, 0.3) is 0 Å². The minimum absolute atomic E-state index is 0.692. The fourth-order valence-electron chi connectivity index (χ4n) is 2.64. The first-order valence-electron chi connectivity index (χ1n) is 6.46. The summed E-state index contributed by atoms with van der Waals surface area (Å²) in [6.07, 6.45) is 2.81. The molecule has 2 heteroatoms. The first kappa shape index (κ1) is 13.0. The van der Waals surface area contributed by atoms with Crippen molar-refractivity contribution >= 4 is 0 Å². The van der Waals surface area contributed by atoms with E-state index in [9.17, 15) is 0 Å². The minimum atomic E-state index is 0.692. The maximum atomic E-state index is 3.32. The maximum absolute atomic E-state index is 3.32. The molecule has 0 aromatic heterocycles. The maximum Gasteiger partial charge on any atom is 0.0139 e. The minimum Gasteiger partial charge on any atom is -0.319 e. The van der Waals surface area contributed by atoms with Gasteiger partial charge in [0.1, 0.15) is 0 Å². The molecule has 1 fully saturated rings. The Morgan fingerprint density at radius 1 is 1.20 bits per heavy atom. The lowest BCUT2D eigenvalue weighted by molar-refractivity contribution is 0.0298. The average Bonchev–Trinajstić information content (AvgIpc) is 2.10. The summed E-state index contributed by atoms with van der Waals surface area (Å²) in [5.74, 6) is 1.67. The molecule has 0 amide bonds. The van der Waals surface area contributed by atoms with Gasteiger partial charge in [-0.2, -0.15) is 0 Å². The molecule has 1 N–H and O–H groups in total. The van der Waals surface area contributed by atoms with Crippen molar-refractivity contribution in [2.75, 3.05) is 20.1 Å². The number of nitrogens with zero attached hydrogens (tertiary/aromatic N) is 1. The topological polar surface area (TPSA) is 15.3 Å². The number of rotatable bonds is 6. The summed E-state index contributed by atoms with van der Waals surface area (Å²) in [7, 11) is 2.07. The Morgan fingerprint density at radius 2 is 1.87 bits per heavy atom. The molecule has 2 nitrogen and oxygen atoms in total. The largest absolute Gasteiger partial charge is 0.319 e. The highest BCUT2D eigenvalue weighted by Gasteiger charge is 2.35. The molecule has 1 rings (SSSR count). The fraction of sp³-hybridized carbons (Fsp3) is 1.00. The Balaban J connectivity index is 2.48. The van der Waals surface area contributed by atoms with E-state index in [1.165, 1.54) is 25.9 Å². The van der Waals surface area contributed by atoms with Crippen LogP contribution in [0.4, 0.5) is 0 Å². The van der Waals surface area contributed by atoms with Crippen LogP contribution in [0.15, 0.2) is 0 Å². The fourth-order valence-corrected chi connectivity index (χ4v) is 2.64. The van der Waals surface area contributed by atoms with Gasteiger partial charge in [-0.15, -0.1) is 0 Å². The molecular weight excluding hydrogens is 184 g/mol. The van der Waals surface area contributed by atoms with Gasteiger partial charge in [0.15, 0.2) is 0 Å². The van der Waals surface area contributed by atoms with Crippen molar-refractivity contribution in [1.82, 2.24) is 10.2 Å². The number of hydrogen-bond acceptors (Lipinski definition) is 2. The standard InChI is InChI=1S/C13H28N2/c1-10(2)9-15(11(3)4)13-7-6-12(13)8-14-5/h10-14H,6-9H2,1-5H3. The van der Waals surface area contributed by atoms with Gasteiger partial charge in [-0.25, -0.2) is 0 Å². The summed E-state index contributed by atoms with van der Waals surface area (Å²) in [6, 6.07) is 1.52. The van der Waals surface area contributed by atoms with E-state index in [1.54, 1.807) is 0 Å². The Morgan fingerprint density at radius 3 is 2.20 bits per heavy atom. The molecule has 0 aliphatic heterocycles. The lowest BCUT2D eigenvalue weighted by Gasteiger charge is -2.47. The molecule has 0 saturated heterocycles. The lowest BCUT2D eigenvalue weighted by Crippen LogP contribution is -2.53. The van der Waals surface area contributed by atoms with Crippen LogP contribution in [-0.2, 0) is 0 Å². The van der Waals surface area contributed by atoms with Gasteiger partial charge in [-0.3, -0.25) is 4.90 Å². The van der Waals surface area contributed by atoms with E-state index in [4.69, 9.17) is 0 Å². The smallest absolute Gasteiger partial charge is 0.0139 e. The molecule has 0 heterocycles. The van der Waals surface area contributed by atoms with Gasteiger partial charge in [-0.05, 0) is 52.1 Å². The van der Waals surface area contributed by atoms with E-state index in [0.717, 1.165) is 17.9 Å². The van der Waals surface area contributed by atoms with Gasteiger partial charge in [0.2, 0.25) is 0 Å². The highest BCUT2D eigenvalue weighted by atomic mass is 15.2. The molecule has 0 aromatic rings.